The molecule has 1 N–H and O–H groups in total. The lowest BCUT2D eigenvalue weighted by Crippen LogP contribution is -2.03. The van der Waals surface area contributed by atoms with Gasteiger partial charge in [0.2, 0.25) is 5.76 Å². The van der Waals surface area contributed by atoms with Crippen molar-refractivity contribution < 1.29 is 19.1 Å². The second-order valence-corrected chi connectivity index (χ2v) is 4.31. The number of benzene rings is 1. The van der Waals surface area contributed by atoms with Gasteiger partial charge in [-0.1, -0.05) is 30.4 Å². The summed E-state index contributed by atoms with van der Waals surface area (Å²) in [6.45, 7) is 3.75. The summed E-state index contributed by atoms with van der Waals surface area (Å²) in [4.78, 5) is 10.8. The number of para-hydroxylation sites is 1. The van der Waals surface area contributed by atoms with Crippen LogP contribution in [0.1, 0.15) is 41.8 Å². The molecular formula is C16H16O4. The highest BCUT2D eigenvalue weighted by atomic mass is 16.5. The van der Waals surface area contributed by atoms with Crippen molar-refractivity contribution in [3.63, 3.8) is 0 Å². The highest BCUT2D eigenvalue weighted by Gasteiger charge is 2.16. The van der Waals surface area contributed by atoms with Crippen molar-refractivity contribution in [1.82, 2.24) is 0 Å². The third-order valence-electron chi connectivity index (χ3n) is 2.81. The fraction of sp³-hybridized carbons (Fsp3) is 0.188. The number of hydrogen-bond acceptors (Lipinski definition) is 3. The summed E-state index contributed by atoms with van der Waals surface area (Å²) >= 11 is 0. The Labute approximate surface area is 117 Å². The number of allylic oxidation sites excluding steroid dienone is 1. The van der Waals surface area contributed by atoms with Crippen molar-refractivity contribution in [3.8, 4) is 5.75 Å². The Morgan fingerprint density at radius 2 is 2.05 bits per heavy atom. The molecule has 1 atom stereocenters. The van der Waals surface area contributed by atoms with Gasteiger partial charge in [0.15, 0.2) is 6.10 Å². The minimum absolute atomic E-state index is 0.0859. The molecule has 0 aliphatic heterocycles. The predicted molar refractivity (Wildman–Crippen MR) is 75.9 cm³/mol. The second-order valence-electron chi connectivity index (χ2n) is 4.31. The first kappa shape index (κ1) is 13.9. The number of ether oxygens (including phenoxy) is 1. The number of furan rings is 1. The van der Waals surface area contributed by atoms with Crippen LogP contribution in [0.2, 0.25) is 0 Å². The molecule has 0 fully saturated rings. The third-order valence-corrected chi connectivity index (χ3v) is 2.81. The molecule has 1 heterocycles. The molecule has 4 heteroatoms. The van der Waals surface area contributed by atoms with E-state index in [1.807, 2.05) is 50.3 Å². The lowest BCUT2D eigenvalue weighted by atomic mass is 10.2. The summed E-state index contributed by atoms with van der Waals surface area (Å²) in [5.41, 5.74) is 0.965. The van der Waals surface area contributed by atoms with Crippen LogP contribution in [-0.2, 0) is 0 Å². The van der Waals surface area contributed by atoms with Crippen molar-refractivity contribution in [3.05, 3.63) is 59.6 Å². The fourth-order valence-electron chi connectivity index (χ4n) is 1.84. The molecule has 0 spiro atoms. The van der Waals surface area contributed by atoms with Gasteiger partial charge in [0.25, 0.3) is 0 Å². The summed E-state index contributed by atoms with van der Waals surface area (Å²) in [7, 11) is 0. The first-order valence-corrected chi connectivity index (χ1v) is 6.33. The minimum atomic E-state index is -1.09. The van der Waals surface area contributed by atoms with E-state index in [1.54, 1.807) is 6.07 Å². The van der Waals surface area contributed by atoms with Gasteiger partial charge in [-0.2, -0.15) is 0 Å². The largest absolute Gasteiger partial charge is 0.482 e. The summed E-state index contributed by atoms with van der Waals surface area (Å²) in [6, 6.07) is 10.7. The molecule has 2 aromatic rings. The highest BCUT2D eigenvalue weighted by Crippen LogP contribution is 2.27. The summed E-state index contributed by atoms with van der Waals surface area (Å²) in [6.07, 6.45) is 3.52. The third kappa shape index (κ3) is 3.09. The van der Waals surface area contributed by atoms with Crippen LogP contribution in [0, 0.1) is 0 Å². The molecule has 0 radical (unpaired) electrons. The topological polar surface area (TPSA) is 59.7 Å². The molecule has 0 aliphatic carbocycles. The Balaban J connectivity index is 2.18. The van der Waals surface area contributed by atoms with Crippen molar-refractivity contribution >= 4 is 12.0 Å². The standard InChI is InChI=1S/C16H16O4/c1-3-6-12-7-4-5-8-14(12)19-11(2)13-9-10-15(20-13)16(17)18/h3-11H,1-2H3,(H,17,18). The zero-order chi connectivity index (χ0) is 14.5. The van der Waals surface area contributed by atoms with Crippen molar-refractivity contribution in [2.45, 2.75) is 20.0 Å². The molecule has 0 aliphatic rings. The van der Waals surface area contributed by atoms with E-state index in [2.05, 4.69) is 0 Å². The molecule has 0 saturated carbocycles. The molecule has 2 rings (SSSR count). The van der Waals surface area contributed by atoms with E-state index in [1.165, 1.54) is 6.07 Å². The molecule has 0 amide bonds. The van der Waals surface area contributed by atoms with Crippen LogP contribution in [-0.4, -0.2) is 11.1 Å². The highest BCUT2D eigenvalue weighted by molar-refractivity contribution is 5.84. The van der Waals surface area contributed by atoms with E-state index in [9.17, 15) is 4.79 Å². The van der Waals surface area contributed by atoms with Crippen LogP contribution in [0.3, 0.4) is 0 Å². The lowest BCUT2D eigenvalue weighted by molar-refractivity contribution is 0.0655. The Bertz CT molecular complexity index is 625. The van der Waals surface area contributed by atoms with Crippen LogP contribution < -0.4 is 4.74 Å². The Morgan fingerprint density at radius 1 is 1.30 bits per heavy atom. The van der Waals surface area contributed by atoms with Gasteiger partial charge in [0.05, 0.1) is 0 Å². The van der Waals surface area contributed by atoms with E-state index >= 15 is 0 Å². The van der Waals surface area contributed by atoms with Gasteiger partial charge in [0, 0.05) is 5.56 Å². The summed E-state index contributed by atoms with van der Waals surface area (Å²) in [5.74, 6) is 0.0408. The number of carbonyl (C=O) groups is 1. The second kappa shape index (κ2) is 6.10. The van der Waals surface area contributed by atoms with Crippen LogP contribution in [0.25, 0.3) is 6.08 Å². The number of hydrogen-bond donors (Lipinski definition) is 1. The zero-order valence-corrected chi connectivity index (χ0v) is 11.4. The molecular weight excluding hydrogens is 256 g/mol. The molecule has 1 aromatic heterocycles. The Hall–Kier alpha value is -2.49. The minimum Gasteiger partial charge on any atom is -0.482 e. The van der Waals surface area contributed by atoms with Gasteiger partial charge in [-0.3, -0.25) is 0 Å². The van der Waals surface area contributed by atoms with E-state index < -0.39 is 5.97 Å². The Kier molecular flexibility index (Phi) is 4.25. The van der Waals surface area contributed by atoms with Gasteiger partial charge in [-0.25, -0.2) is 4.79 Å². The average Bonchev–Trinajstić information content (AvgIpc) is 2.91. The van der Waals surface area contributed by atoms with E-state index in [0.717, 1.165) is 11.3 Å². The number of carboxylic acid groups (broad SMARTS) is 1. The molecule has 20 heavy (non-hydrogen) atoms. The van der Waals surface area contributed by atoms with Gasteiger partial charge >= 0.3 is 5.97 Å². The molecule has 0 saturated heterocycles. The first-order chi connectivity index (χ1) is 9.61. The smallest absolute Gasteiger partial charge is 0.371 e. The lowest BCUT2D eigenvalue weighted by Gasteiger charge is -2.14. The average molecular weight is 272 g/mol. The first-order valence-electron chi connectivity index (χ1n) is 6.33. The molecule has 0 bridgehead atoms. The quantitative estimate of drug-likeness (QED) is 0.888. The SMILES string of the molecule is CC=Cc1ccccc1OC(C)c1ccc(C(=O)O)o1. The number of carboxylic acids is 1. The molecule has 1 aromatic carbocycles. The number of rotatable bonds is 5. The monoisotopic (exact) mass is 272 g/mol. The van der Waals surface area contributed by atoms with Crippen molar-refractivity contribution in [2.24, 2.45) is 0 Å². The van der Waals surface area contributed by atoms with Crippen LogP contribution in [0.4, 0.5) is 0 Å². The maximum Gasteiger partial charge on any atom is 0.371 e. The van der Waals surface area contributed by atoms with Crippen LogP contribution in [0.15, 0.2) is 46.9 Å². The summed E-state index contributed by atoms with van der Waals surface area (Å²) in [5, 5.41) is 8.84. The number of aromatic carboxylic acids is 1. The van der Waals surface area contributed by atoms with E-state index in [-0.39, 0.29) is 11.9 Å². The van der Waals surface area contributed by atoms with Crippen molar-refractivity contribution in [1.29, 1.82) is 0 Å². The van der Waals surface area contributed by atoms with Gasteiger partial charge < -0.3 is 14.3 Å². The van der Waals surface area contributed by atoms with E-state index in [4.69, 9.17) is 14.3 Å². The Morgan fingerprint density at radius 3 is 2.70 bits per heavy atom. The normalized spacial score (nSPS) is 12.5. The molecule has 104 valence electrons. The maximum absolute atomic E-state index is 10.8. The van der Waals surface area contributed by atoms with Crippen LogP contribution in [0.5, 0.6) is 5.75 Å². The maximum atomic E-state index is 10.8. The van der Waals surface area contributed by atoms with Gasteiger partial charge in [0.1, 0.15) is 11.5 Å². The zero-order valence-electron chi connectivity index (χ0n) is 11.4. The van der Waals surface area contributed by atoms with Gasteiger partial charge in [-0.15, -0.1) is 0 Å². The van der Waals surface area contributed by atoms with Gasteiger partial charge in [-0.05, 0) is 32.0 Å². The fourth-order valence-corrected chi connectivity index (χ4v) is 1.84. The van der Waals surface area contributed by atoms with Crippen LogP contribution >= 0.6 is 0 Å². The van der Waals surface area contributed by atoms with Crippen molar-refractivity contribution in [2.75, 3.05) is 0 Å². The molecule has 4 nitrogen and oxygen atoms in total. The predicted octanol–water partition coefficient (Wildman–Crippen LogP) is 4.15. The molecule has 1 unspecified atom stereocenters. The summed E-state index contributed by atoms with van der Waals surface area (Å²) < 4.78 is 11.1. The van der Waals surface area contributed by atoms with E-state index in [0.29, 0.717) is 5.76 Å².